The number of hydrogen-bond donors (Lipinski definition) is 1. The summed E-state index contributed by atoms with van der Waals surface area (Å²) < 4.78 is 161. The van der Waals surface area contributed by atoms with Gasteiger partial charge in [-0.1, -0.05) is 36.4 Å². The van der Waals surface area contributed by atoms with Crippen molar-refractivity contribution in [1.82, 2.24) is 0 Å². The van der Waals surface area contributed by atoms with E-state index in [9.17, 15) is 52.7 Å². The first-order valence-electron chi connectivity index (χ1n) is 11.4. The van der Waals surface area contributed by atoms with Crippen LogP contribution in [-0.4, -0.2) is 0 Å². The number of para-hydroxylation sites is 2. The Morgan fingerprint density at radius 2 is 0.634 bits per heavy atom. The molecule has 0 aromatic heterocycles. The lowest BCUT2D eigenvalue weighted by Crippen LogP contribution is -2.11. The average molecular weight is 593 g/mol. The molecule has 1 nitrogen and oxygen atoms in total. The zero-order valence-corrected chi connectivity index (χ0v) is 20.1. The van der Waals surface area contributed by atoms with E-state index in [0.29, 0.717) is 24.3 Å². The molecule has 0 bridgehead atoms. The van der Waals surface area contributed by atoms with Gasteiger partial charge < -0.3 is 5.32 Å². The van der Waals surface area contributed by atoms with Crippen LogP contribution in [0.1, 0.15) is 22.3 Å². The van der Waals surface area contributed by atoms with Crippen molar-refractivity contribution in [2.75, 3.05) is 5.32 Å². The molecule has 0 heterocycles. The lowest BCUT2D eigenvalue weighted by atomic mass is 9.96. The first-order chi connectivity index (χ1) is 18.8. The summed E-state index contributed by atoms with van der Waals surface area (Å²) in [6.07, 6.45) is -20.5. The van der Waals surface area contributed by atoms with Gasteiger partial charge in [-0.15, -0.1) is 0 Å². The normalized spacial score (nSPS) is 12.9. The molecular formula is C28H15F12N. The van der Waals surface area contributed by atoms with Gasteiger partial charge >= 0.3 is 24.7 Å². The Morgan fingerprint density at radius 3 is 0.902 bits per heavy atom. The molecule has 0 aliphatic heterocycles. The van der Waals surface area contributed by atoms with E-state index in [1.807, 2.05) is 0 Å². The second-order valence-electron chi connectivity index (χ2n) is 8.81. The molecule has 1 N–H and O–H groups in total. The van der Waals surface area contributed by atoms with Gasteiger partial charge in [0.2, 0.25) is 0 Å². The first-order valence-corrected chi connectivity index (χ1v) is 11.4. The first kappa shape index (κ1) is 29.8. The van der Waals surface area contributed by atoms with Gasteiger partial charge in [-0.2, -0.15) is 52.7 Å². The Bertz CT molecular complexity index is 1380. The smallest absolute Gasteiger partial charge is 0.355 e. The maximum atomic E-state index is 13.4. The van der Waals surface area contributed by atoms with Crippen LogP contribution in [0.15, 0.2) is 84.9 Å². The molecule has 0 amide bonds. The molecule has 0 saturated heterocycles. The van der Waals surface area contributed by atoms with Crippen molar-refractivity contribution in [2.24, 2.45) is 0 Å². The van der Waals surface area contributed by atoms with Crippen molar-refractivity contribution in [3.63, 3.8) is 0 Å². The fourth-order valence-corrected chi connectivity index (χ4v) is 4.05. The summed E-state index contributed by atoms with van der Waals surface area (Å²) in [5.41, 5.74) is -7.63. The molecule has 4 aromatic carbocycles. The minimum Gasteiger partial charge on any atom is -0.355 e. The maximum Gasteiger partial charge on any atom is 0.416 e. The molecule has 4 rings (SSSR count). The van der Waals surface area contributed by atoms with Gasteiger partial charge in [0.25, 0.3) is 0 Å². The molecule has 0 spiro atoms. The highest BCUT2D eigenvalue weighted by molar-refractivity contribution is 5.87. The number of rotatable bonds is 4. The van der Waals surface area contributed by atoms with Crippen molar-refractivity contribution in [3.05, 3.63) is 107 Å². The Kier molecular flexibility index (Phi) is 7.52. The summed E-state index contributed by atoms with van der Waals surface area (Å²) in [4.78, 5) is 0. The van der Waals surface area contributed by atoms with E-state index in [4.69, 9.17) is 0 Å². The summed E-state index contributed by atoms with van der Waals surface area (Å²) >= 11 is 0. The zero-order chi connectivity index (χ0) is 30.4. The van der Waals surface area contributed by atoms with E-state index in [-0.39, 0.29) is 34.6 Å². The van der Waals surface area contributed by atoms with Crippen LogP contribution in [-0.2, 0) is 24.7 Å². The molecule has 0 fully saturated rings. The summed E-state index contributed by atoms with van der Waals surface area (Å²) in [6, 6.07) is 12.4. The summed E-state index contributed by atoms with van der Waals surface area (Å²) in [7, 11) is 0. The fraction of sp³-hybridized carbons (Fsp3) is 0.143. The topological polar surface area (TPSA) is 12.0 Å². The summed E-state index contributed by atoms with van der Waals surface area (Å²) in [5.74, 6) is 0. The molecule has 41 heavy (non-hydrogen) atoms. The molecule has 216 valence electrons. The Morgan fingerprint density at radius 1 is 0.366 bits per heavy atom. The highest BCUT2D eigenvalue weighted by Crippen LogP contribution is 2.43. The van der Waals surface area contributed by atoms with Gasteiger partial charge in [0.1, 0.15) is 0 Å². The zero-order valence-electron chi connectivity index (χ0n) is 20.1. The highest BCUT2D eigenvalue weighted by Gasteiger charge is 2.38. The SMILES string of the molecule is FC(F)(F)c1cc(-c2ccccc2Nc2ccccc2-c2cc(C(F)(F)F)cc(C(F)(F)F)c2)cc(C(F)(F)F)c1. The summed E-state index contributed by atoms with van der Waals surface area (Å²) in [6.45, 7) is 0. The van der Waals surface area contributed by atoms with Crippen molar-refractivity contribution in [2.45, 2.75) is 24.7 Å². The Hall–Kier alpha value is -4.16. The number of alkyl halides is 12. The average Bonchev–Trinajstić information content (AvgIpc) is 2.87. The lowest BCUT2D eigenvalue weighted by molar-refractivity contribution is -0.144. The molecule has 0 radical (unpaired) electrons. The Balaban J connectivity index is 1.87. The molecular weight excluding hydrogens is 578 g/mol. The largest absolute Gasteiger partial charge is 0.416 e. The third-order valence-corrected chi connectivity index (χ3v) is 5.92. The van der Waals surface area contributed by atoms with Gasteiger partial charge in [-0.25, -0.2) is 0 Å². The summed E-state index contributed by atoms with van der Waals surface area (Å²) in [5, 5.41) is 2.75. The van der Waals surface area contributed by atoms with Crippen LogP contribution >= 0.6 is 0 Å². The van der Waals surface area contributed by atoms with Gasteiger partial charge in [0.15, 0.2) is 0 Å². The second-order valence-corrected chi connectivity index (χ2v) is 8.81. The van der Waals surface area contributed by atoms with E-state index in [1.54, 1.807) is 0 Å². The van der Waals surface area contributed by atoms with E-state index < -0.39 is 58.1 Å². The van der Waals surface area contributed by atoms with E-state index in [1.165, 1.54) is 48.5 Å². The van der Waals surface area contributed by atoms with Gasteiger partial charge in [-0.05, 0) is 59.7 Å². The molecule has 0 unspecified atom stereocenters. The van der Waals surface area contributed by atoms with E-state index in [0.717, 1.165) is 0 Å². The van der Waals surface area contributed by atoms with E-state index in [2.05, 4.69) is 5.32 Å². The van der Waals surface area contributed by atoms with E-state index >= 15 is 0 Å². The van der Waals surface area contributed by atoms with Crippen molar-refractivity contribution >= 4 is 11.4 Å². The lowest BCUT2D eigenvalue weighted by Gasteiger charge is -2.19. The molecule has 0 aliphatic rings. The number of nitrogens with one attached hydrogen (secondary N) is 1. The number of halogens is 12. The molecule has 0 aliphatic carbocycles. The third kappa shape index (κ3) is 6.77. The highest BCUT2D eigenvalue weighted by atomic mass is 19.4. The maximum absolute atomic E-state index is 13.4. The third-order valence-electron chi connectivity index (χ3n) is 5.92. The molecule has 0 atom stereocenters. The van der Waals surface area contributed by atoms with Gasteiger partial charge in [0, 0.05) is 22.5 Å². The van der Waals surface area contributed by atoms with Crippen molar-refractivity contribution in [1.29, 1.82) is 0 Å². The molecule has 0 saturated carbocycles. The predicted octanol–water partition coefficient (Wildman–Crippen LogP) is 10.8. The second kappa shape index (κ2) is 10.3. The van der Waals surface area contributed by atoms with Crippen LogP contribution in [0.4, 0.5) is 64.1 Å². The Labute approximate surface area is 224 Å². The molecule has 4 aromatic rings. The fourth-order valence-electron chi connectivity index (χ4n) is 4.05. The number of anilines is 2. The van der Waals surface area contributed by atoms with Crippen molar-refractivity contribution < 1.29 is 52.7 Å². The predicted molar refractivity (Wildman–Crippen MR) is 127 cm³/mol. The monoisotopic (exact) mass is 593 g/mol. The van der Waals surface area contributed by atoms with Crippen LogP contribution in [0.5, 0.6) is 0 Å². The minimum atomic E-state index is -5.12. The number of hydrogen-bond acceptors (Lipinski definition) is 1. The van der Waals surface area contributed by atoms with Crippen LogP contribution in [0.3, 0.4) is 0 Å². The minimum absolute atomic E-state index is 0.0410. The standard InChI is InChI=1S/C28H15F12N/c29-25(30,31)17-9-15(10-18(13-17)26(32,33)34)21-5-1-3-7-23(21)41-24-8-4-2-6-22(24)16-11-19(27(35,36)37)14-20(12-16)28(38,39)40/h1-14,41H. The molecule has 13 heteroatoms. The van der Waals surface area contributed by atoms with Crippen LogP contribution in [0, 0.1) is 0 Å². The van der Waals surface area contributed by atoms with Gasteiger partial charge in [0.05, 0.1) is 22.3 Å². The van der Waals surface area contributed by atoms with Crippen LogP contribution in [0.25, 0.3) is 22.3 Å². The quantitative estimate of drug-likeness (QED) is 0.232. The number of benzene rings is 4. The van der Waals surface area contributed by atoms with Crippen molar-refractivity contribution in [3.8, 4) is 22.3 Å². The van der Waals surface area contributed by atoms with Gasteiger partial charge in [-0.3, -0.25) is 0 Å². The van der Waals surface area contributed by atoms with Crippen LogP contribution in [0.2, 0.25) is 0 Å². The van der Waals surface area contributed by atoms with Crippen LogP contribution < -0.4 is 5.32 Å².